The third-order valence-electron chi connectivity index (χ3n) is 6.16. The molecule has 0 spiro atoms. The molecule has 8 heteroatoms. The Morgan fingerprint density at radius 1 is 1.16 bits per heavy atom. The van der Waals surface area contributed by atoms with Crippen LogP contribution in [-0.2, 0) is 6.42 Å². The topological polar surface area (TPSA) is 82.4 Å². The van der Waals surface area contributed by atoms with Gasteiger partial charge in [-0.15, -0.1) is 11.3 Å². The van der Waals surface area contributed by atoms with E-state index in [1.54, 1.807) is 17.3 Å². The second-order valence-corrected chi connectivity index (χ2v) is 9.13. The highest BCUT2D eigenvalue weighted by Gasteiger charge is 2.30. The molecule has 5 heterocycles. The summed E-state index contributed by atoms with van der Waals surface area (Å²) in [4.78, 5) is 31.6. The fourth-order valence-corrected chi connectivity index (χ4v) is 5.44. The van der Waals surface area contributed by atoms with Crippen molar-refractivity contribution in [2.45, 2.75) is 26.2 Å². The molecule has 2 aliphatic rings. The number of fused-ring (bicyclic) bond motifs is 1. The number of carbonyl (C=O) groups excluding carboxylic acids is 1. The van der Waals surface area contributed by atoms with Crippen molar-refractivity contribution in [3.8, 4) is 10.6 Å². The molecule has 7 nitrogen and oxygen atoms in total. The zero-order chi connectivity index (χ0) is 21.4. The number of aliphatic hydroxyl groups excluding tert-OH is 1. The number of piperidine rings is 1. The summed E-state index contributed by atoms with van der Waals surface area (Å²) in [6.45, 7) is 4.72. The van der Waals surface area contributed by atoms with Crippen LogP contribution in [0.15, 0.2) is 36.7 Å². The van der Waals surface area contributed by atoms with Gasteiger partial charge in [0.05, 0.1) is 17.6 Å². The molecule has 1 N–H and O–H groups in total. The smallest absolute Gasteiger partial charge is 0.270 e. The molecule has 1 amide bonds. The Bertz CT molecular complexity index is 1090. The number of rotatable bonds is 4. The Balaban J connectivity index is 1.38. The lowest BCUT2D eigenvalue weighted by atomic mass is 9.98. The van der Waals surface area contributed by atoms with Crippen molar-refractivity contribution in [1.82, 2.24) is 15.0 Å². The van der Waals surface area contributed by atoms with Gasteiger partial charge >= 0.3 is 0 Å². The van der Waals surface area contributed by atoms with Gasteiger partial charge in [-0.2, -0.15) is 0 Å². The van der Waals surface area contributed by atoms with Crippen molar-refractivity contribution in [1.29, 1.82) is 0 Å². The van der Waals surface area contributed by atoms with E-state index in [1.807, 2.05) is 25.1 Å². The molecule has 0 bridgehead atoms. The first-order chi connectivity index (χ1) is 15.1. The monoisotopic (exact) mass is 435 g/mol. The Labute approximate surface area is 185 Å². The van der Waals surface area contributed by atoms with Gasteiger partial charge in [0.25, 0.3) is 5.91 Å². The predicted molar refractivity (Wildman–Crippen MR) is 122 cm³/mol. The van der Waals surface area contributed by atoms with E-state index < -0.39 is 0 Å². The lowest BCUT2D eigenvalue weighted by Crippen LogP contribution is -2.36. The summed E-state index contributed by atoms with van der Waals surface area (Å²) in [6.07, 6.45) is 6.15. The standard InChI is InChI=1S/C23H25N5O2S/c1-15-18(4-5-20(25-15)27-10-6-16(14-29)7-11-27)22-26-19-8-12-28(23(30)21(19)31-22)17-3-2-9-24-13-17/h2-5,9,13,16,29H,6-8,10-12,14H2,1H3. The van der Waals surface area contributed by atoms with Crippen LogP contribution in [0.1, 0.15) is 33.9 Å². The maximum absolute atomic E-state index is 13.1. The van der Waals surface area contributed by atoms with E-state index in [-0.39, 0.29) is 12.5 Å². The molecule has 0 radical (unpaired) electrons. The van der Waals surface area contributed by atoms with Crippen LogP contribution in [0, 0.1) is 12.8 Å². The first-order valence-corrected chi connectivity index (χ1v) is 11.5. The molecule has 1 saturated heterocycles. The van der Waals surface area contributed by atoms with Crippen LogP contribution in [0.2, 0.25) is 0 Å². The number of thiazole rings is 1. The van der Waals surface area contributed by atoms with E-state index in [0.29, 0.717) is 17.3 Å². The zero-order valence-electron chi connectivity index (χ0n) is 17.5. The first-order valence-electron chi connectivity index (χ1n) is 10.7. The number of nitrogens with zero attached hydrogens (tertiary/aromatic N) is 5. The fraction of sp³-hybridized carbons (Fsp3) is 0.391. The summed E-state index contributed by atoms with van der Waals surface area (Å²) >= 11 is 1.45. The number of hydrogen-bond acceptors (Lipinski definition) is 7. The van der Waals surface area contributed by atoms with Gasteiger partial charge in [0, 0.05) is 50.1 Å². The molecule has 31 heavy (non-hydrogen) atoms. The van der Waals surface area contributed by atoms with Crippen LogP contribution < -0.4 is 9.80 Å². The Morgan fingerprint density at radius 3 is 2.71 bits per heavy atom. The minimum Gasteiger partial charge on any atom is -0.396 e. The molecule has 1 fully saturated rings. The first kappa shape index (κ1) is 20.1. The molecule has 5 rings (SSSR count). The van der Waals surface area contributed by atoms with Crippen molar-refractivity contribution >= 4 is 28.7 Å². The van der Waals surface area contributed by atoms with Crippen molar-refractivity contribution in [2.24, 2.45) is 5.92 Å². The maximum atomic E-state index is 13.1. The van der Waals surface area contributed by atoms with E-state index in [4.69, 9.17) is 9.97 Å². The van der Waals surface area contributed by atoms with Gasteiger partial charge in [-0.3, -0.25) is 9.78 Å². The highest BCUT2D eigenvalue weighted by atomic mass is 32.1. The molecule has 0 atom stereocenters. The normalized spacial score (nSPS) is 17.2. The molecule has 160 valence electrons. The number of pyridine rings is 2. The number of carbonyl (C=O) groups is 1. The van der Waals surface area contributed by atoms with E-state index in [1.165, 1.54) is 11.3 Å². The van der Waals surface area contributed by atoms with E-state index in [0.717, 1.165) is 65.8 Å². The number of hydrogen-bond donors (Lipinski definition) is 1. The van der Waals surface area contributed by atoms with Gasteiger partial charge in [0.1, 0.15) is 15.7 Å². The Kier molecular flexibility index (Phi) is 5.41. The fourth-order valence-electron chi connectivity index (χ4n) is 4.30. The Hall–Kier alpha value is -2.84. The van der Waals surface area contributed by atoms with Crippen LogP contribution in [0.5, 0.6) is 0 Å². The highest BCUT2D eigenvalue weighted by Crippen LogP contribution is 2.35. The van der Waals surface area contributed by atoms with Gasteiger partial charge < -0.3 is 14.9 Å². The van der Waals surface area contributed by atoms with Gasteiger partial charge in [-0.05, 0) is 49.9 Å². The number of anilines is 2. The van der Waals surface area contributed by atoms with Crippen LogP contribution in [0.4, 0.5) is 11.5 Å². The SMILES string of the molecule is Cc1nc(N2CCC(CO)CC2)ccc1-c1nc2c(s1)C(=O)N(c1cccnc1)CC2. The number of aliphatic hydroxyl groups is 1. The Morgan fingerprint density at radius 2 is 2.00 bits per heavy atom. The minimum absolute atomic E-state index is 0.00742. The second-order valence-electron chi connectivity index (χ2n) is 8.13. The molecule has 3 aromatic heterocycles. The van der Waals surface area contributed by atoms with Crippen LogP contribution in [0.3, 0.4) is 0 Å². The summed E-state index contributed by atoms with van der Waals surface area (Å²) in [6, 6.07) is 7.88. The third kappa shape index (κ3) is 3.81. The van der Waals surface area contributed by atoms with E-state index >= 15 is 0 Å². The average molecular weight is 436 g/mol. The molecule has 0 unspecified atom stereocenters. The van der Waals surface area contributed by atoms with Gasteiger partial charge in [-0.1, -0.05) is 0 Å². The molecule has 0 saturated carbocycles. The number of aromatic nitrogens is 3. The molecular formula is C23H25N5O2S. The summed E-state index contributed by atoms with van der Waals surface area (Å²) in [5.41, 5.74) is 3.60. The summed E-state index contributed by atoms with van der Waals surface area (Å²) in [5.74, 6) is 1.37. The maximum Gasteiger partial charge on any atom is 0.270 e. The zero-order valence-corrected chi connectivity index (χ0v) is 18.3. The van der Waals surface area contributed by atoms with Crippen molar-refractivity contribution in [3.63, 3.8) is 0 Å². The summed E-state index contributed by atoms with van der Waals surface area (Å²) in [7, 11) is 0. The van der Waals surface area contributed by atoms with Gasteiger partial charge in [0.15, 0.2) is 0 Å². The summed E-state index contributed by atoms with van der Waals surface area (Å²) in [5, 5.41) is 10.2. The van der Waals surface area contributed by atoms with Crippen LogP contribution in [-0.4, -0.2) is 52.2 Å². The van der Waals surface area contributed by atoms with Crippen molar-refractivity contribution in [2.75, 3.05) is 36.0 Å². The average Bonchev–Trinajstić information content (AvgIpc) is 3.25. The number of aryl methyl sites for hydroxylation is 1. The molecule has 0 aromatic carbocycles. The largest absolute Gasteiger partial charge is 0.396 e. The molecule has 2 aliphatic heterocycles. The summed E-state index contributed by atoms with van der Waals surface area (Å²) < 4.78 is 0. The lowest BCUT2D eigenvalue weighted by molar-refractivity contribution is 0.0984. The van der Waals surface area contributed by atoms with Gasteiger partial charge in [0.2, 0.25) is 0 Å². The van der Waals surface area contributed by atoms with Crippen molar-refractivity contribution in [3.05, 3.63) is 52.9 Å². The van der Waals surface area contributed by atoms with Gasteiger partial charge in [-0.25, -0.2) is 9.97 Å². The van der Waals surface area contributed by atoms with Crippen molar-refractivity contribution < 1.29 is 9.90 Å². The highest BCUT2D eigenvalue weighted by molar-refractivity contribution is 7.17. The van der Waals surface area contributed by atoms with E-state index in [9.17, 15) is 9.90 Å². The lowest BCUT2D eigenvalue weighted by Gasteiger charge is -2.32. The number of amides is 1. The predicted octanol–water partition coefficient (Wildman–Crippen LogP) is 3.32. The molecular weight excluding hydrogens is 410 g/mol. The van der Waals surface area contributed by atoms with E-state index in [2.05, 4.69) is 16.0 Å². The third-order valence-corrected chi connectivity index (χ3v) is 7.28. The quantitative estimate of drug-likeness (QED) is 0.677. The van der Waals surface area contributed by atoms with Crippen LogP contribution in [0.25, 0.3) is 10.6 Å². The second kappa shape index (κ2) is 8.36. The molecule has 3 aromatic rings. The minimum atomic E-state index is -0.00742. The van der Waals surface area contributed by atoms with Crippen LogP contribution >= 0.6 is 11.3 Å². The molecule has 0 aliphatic carbocycles.